The largest absolute Gasteiger partial charge is 0.374 e. The molecule has 0 aliphatic carbocycles. The molecule has 2 heteroatoms. The average Bonchev–Trinajstić information content (AvgIpc) is 2.25. The molecule has 0 aromatic heterocycles. The summed E-state index contributed by atoms with van der Waals surface area (Å²) in [5.41, 5.74) is 0.0538. The molecule has 0 spiro atoms. The van der Waals surface area contributed by atoms with Gasteiger partial charge in [0.25, 0.3) is 0 Å². The van der Waals surface area contributed by atoms with Crippen LogP contribution in [-0.2, 0) is 4.74 Å². The zero-order chi connectivity index (χ0) is 12.9. The summed E-state index contributed by atoms with van der Waals surface area (Å²) < 4.78 is 6.06. The fourth-order valence-electron chi connectivity index (χ4n) is 3.21. The highest BCUT2D eigenvalue weighted by Crippen LogP contribution is 2.31. The summed E-state index contributed by atoms with van der Waals surface area (Å²) in [5, 5.41) is 3.49. The lowest BCUT2D eigenvalue weighted by Crippen LogP contribution is -2.51. The molecular formula is C15H31NO. The highest BCUT2D eigenvalue weighted by atomic mass is 16.5. The van der Waals surface area contributed by atoms with Crippen molar-refractivity contribution in [3.8, 4) is 0 Å². The van der Waals surface area contributed by atoms with Crippen LogP contribution in [0.15, 0.2) is 0 Å². The summed E-state index contributed by atoms with van der Waals surface area (Å²) in [6, 6.07) is 0.497. The maximum atomic E-state index is 6.06. The molecule has 0 aromatic carbocycles. The second-order valence-corrected chi connectivity index (χ2v) is 6.43. The van der Waals surface area contributed by atoms with Crippen LogP contribution in [-0.4, -0.2) is 25.3 Å². The van der Waals surface area contributed by atoms with Crippen molar-refractivity contribution in [2.75, 3.05) is 13.7 Å². The zero-order valence-corrected chi connectivity index (χ0v) is 12.4. The molecule has 1 aliphatic rings. The lowest BCUT2D eigenvalue weighted by atomic mass is 9.81. The highest BCUT2D eigenvalue weighted by molar-refractivity contribution is 4.91. The van der Waals surface area contributed by atoms with Gasteiger partial charge in [0.15, 0.2) is 0 Å². The first-order valence-electron chi connectivity index (χ1n) is 7.29. The van der Waals surface area contributed by atoms with E-state index in [1.165, 1.54) is 32.1 Å². The molecule has 0 radical (unpaired) electrons. The van der Waals surface area contributed by atoms with Crippen LogP contribution in [0, 0.1) is 11.8 Å². The molecule has 1 heterocycles. The van der Waals surface area contributed by atoms with Gasteiger partial charge in [0.1, 0.15) is 0 Å². The lowest BCUT2D eigenvalue weighted by Gasteiger charge is -2.41. The number of ether oxygens (including phenoxy) is 1. The van der Waals surface area contributed by atoms with Crippen molar-refractivity contribution in [1.29, 1.82) is 0 Å². The molecule has 3 unspecified atom stereocenters. The smallest absolute Gasteiger partial charge is 0.0806 e. The van der Waals surface area contributed by atoms with Gasteiger partial charge in [0.2, 0.25) is 0 Å². The Morgan fingerprint density at radius 1 is 1.18 bits per heavy atom. The van der Waals surface area contributed by atoms with Gasteiger partial charge in [-0.15, -0.1) is 0 Å². The predicted octanol–water partition coefficient (Wildman–Crippen LogP) is 3.61. The van der Waals surface area contributed by atoms with Gasteiger partial charge in [-0.25, -0.2) is 0 Å². The van der Waals surface area contributed by atoms with E-state index >= 15 is 0 Å². The van der Waals surface area contributed by atoms with E-state index in [2.05, 4.69) is 40.1 Å². The fraction of sp³-hybridized carbons (Fsp3) is 1.00. The summed E-state index contributed by atoms with van der Waals surface area (Å²) in [6.07, 6.45) is 6.28. The third kappa shape index (κ3) is 4.59. The monoisotopic (exact) mass is 241 g/mol. The number of rotatable bonds is 6. The Labute approximate surface area is 108 Å². The van der Waals surface area contributed by atoms with E-state index in [4.69, 9.17) is 4.74 Å². The Balaban J connectivity index is 2.51. The Kier molecular flexibility index (Phi) is 5.94. The number of nitrogens with one attached hydrogen (secondary N) is 1. The minimum absolute atomic E-state index is 0.0538. The first-order valence-corrected chi connectivity index (χ1v) is 7.29. The van der Waals surface area contributed by atoms with Crippen LogP contribution in [0.5, 0.6) is 0 Å². The van der Waals surface area contributed by atoms with Gasteiger partial charge >= 0.3 is 0 Å². The van der Waals surface area contributed by atoms with Crippen LogP contribution < -0.4 is 5.32 Å². The minimum atomic E-state index is 0.0538. The summed E-state index contributed by atoms with van der Waals surface area (Å²) in [6.45, 7) is 10.2. The first kappa shape index (κ1) is 15.0. The second-order valence-electron chi connectivity index (χ2n) is 6.43. The van der Waals surface area contributed by atoms with E-state index in [1.54, 1.807) is 0 Å². The van der Waals surface area contributed by atoms with Crippen LogP contribution in [0.2, 0.25) is 0 Å². The summed E-state index contributed by atoms with van der Waals surface area (Å²) in [5.74, 6) is 1.57. The van der Waals surface area contributed by atoms with E-state index in [9.17, 15) is 0 Å². The molecule has 1 saturated heterocycles. The van der Waals surface area contributed by atoms with Gasteiger partial charge < -0.3 is 10.1 Å². The van der Waals surface area contributed by atoms with Crippen molar-refractivity contribution < 1.29 is 4.74 Å². The van der Waals surface area contributed by atoms with Gasteiger partial charge in [0, 0.05) is 12.6 Å². The molecule has 0 amide bonds. The van der Waals surface area contributed by atoms with Crippen LogP contribution in [0.25, 0.3) is 0 Å². The molecule has 0 aromatic rings. The van der Waals surface area contributed by atoms with E-state index < -0.39 is 0 Å². The second kappa shape index (κ2) is 6.75. The van der Waals surface area contributed by atoms with Crippen molar-refractivity contribution in [2.45, 2.75) is 71.4 Å². The normalized spacial score (nSPS) is 29.3. The molecule has 3 atom stereocenters. The quantitative estimate of drug-likeness (QED) is 0.767. The Morgan fingerprint density at radius 3 is 2.35 bits per heavy atom. The maximum Gasteiger partial charge on any atom is 0.0806 e. The number of likely N-dealkylation sites (N-methyl/N-ethyl adjacent to an activating group) is 1. The van der Waals surface area contributed by atoms with E-state index in [0.717, 1.165) is 18.4 Å². The molecule has 1 aliphatic heterocycles. The molecule has 1 N–H and O–H groups in total. The van der Waals surface area contributed by atoms with E-state index in [-0.39, 0.29) is 5.60 Å². The van der Waals surface area contributed by atoms with Gasteiger partial charge in [-0.1, -0.05) is 20.8 Å². The topological polar surface area (TPSA) is 21.3 Å². The zero-order valence-electron chi connectivity index (χ0n) is 12.4. The number of hydrogen-bond donors (Lipinski definition) is 1. The molecule has 1 fully saturated rings. The third-order valence-corrected chi connectivity index (χ3v) is 4.10. The Bertz CT molecular complexity index is 209. The molecule has 17 heavy (non-hydrogen) atoms. The summed E-state index contributed by atoms with van der Waals surface area (Å²) in [7, 11) is 2.08. The number of hydrogen-bond acceptors (Lipinski definition) is 2. The fourth-order valence-corrected chi connectivity index (χ4v) is 3.21. The van der Waals surface area contributed by atoms with Crippen LogP contribution in [0.4, 0.5) is 0 Å². The van der Waals surface area contributed by atoms with Crippen LogP contribution in [0.1, 0.15) is 59.8 Å². The predicted molar refractivity (Wildman–Crippen MR) is 74.3 cm³/mol. The van der Waals surface area contributed by atoms with Gasteiger partial charge in [0.05, 0.1) is 5.60 Å². The minimum Gasteiger partial charge on any atom is -0.374 e. The van der Waals surface area contributed by atoms with Gasteiger partial charge in [-0.05, 0) is 57.9 Å². The van der Waals surface area contributed by atoms with Crippen LogP contribution in [0.3, 0.4) is 0 Å². The van der Waals surface area contributed by atoms with Gasteiger partial charge in [-0.3, -0.25) is 0 Å². The SMILES string of the molecule is CNC(CC(C)CC(C)C)C1(C)CCCCO1. The van der Waals surface area contributed by atoms with Crippen molar-refractivity contribution >= 4 is 0 Å². The van der Waals surface area contributed by atoms with E-state index in [0.29, 0.717) is 6.04 Å². The molecular weight excluding hydrogens is 210 g/mol. The highest BCUT2D eigenvalue weighted by Gasteiger charge is 2.36. The lowest BCUT2D eigenvalue weighted by molar-refractivity contribution is -0.0913. The van der Waals surface area contributed by atoms with Crippen molar-refractivity contribution in [3.05, 3.63) is 0 Å². The molecule has 0 bridgehead atoms. The van der Waals surface area contributed by atoms with Crippen molar-refractivity contribution in [2.24, 2.45) is 11.8 Å². The third-order valence-electron chi connectivity index (χ3n) is 4.10. The Morgan fingerprint density at radius 2 is 1.88 bits per heavy atom. The summed E-state index contributed by atoms with van der Waals surface area (Å²) in [4.78, 5) is 0. The molecule has 1 rings (SSSR count). The standard InChI is InChI=1S/C15H31NO/c1-12(2)10-13(3)11-14(16-5)15(4)8-6-7-9-17-15/h12-14,16H,6-11H2,1-5H3. The van der Waals surface area contributed by atoms with Gasteiger partial charge in [-0.2, -0.15) is 0 Å². The Hall–Kier alpha value is -0.0800. The summed E-state index contributed by atoms with van der Waals surface area (Å²) >= 11 is 0. The maximum absolute atomic E-state index is 6.06. The first-order chi connectivity index (χ1) is 7.98. The van der Waals surface area contributed by atoms with Crippen molar-refractivity contribution in [3.63, 3.8) is 0 Å². The van der Waals surface area contributed by atoms with E-state index in [1.807, 2.05) is 0 Å². The molecule has 102 valence electrons. The molecule has 2 nitrogen and oxygen atoms in total. The average molecular weight is 241 g/mol. The van der Waals surface area contributed by atoms with Crippen LogP contribution >= 0.6 is 0 Å². The van der Waals surface area contributed by atoms with Crippen molar-refractivity contribution in [1.82, 2.24) is 5.32 Å². The molecule has 0 saturated carbocycles.